The standard InChI is InChI=1S/C22H27N3O2S/c1-14(2)11-23-22(28)25(13-19-6-5-9-27-19)12-18-10-17-8-7-15(3)16(4)20(17)24-21(18)26/h5-10,14H,11-13H2,1-4H3,(H,23,28)(H,24,26). The van der Waals surface area contributed by atoms with Gasteiger partial charge in [-0.3, -0.25) is 4.79 Å². The molecule has 0 atom stereocenters. The number of aryl methyl sites for hydroxylation is 2. The summed E-state index contributed by atoms with van der Waals surface area (Å²) in [5, 5.41) is 4.93. The quantitative estimate of drug-likeness (QED) is 0.608. The van der Waals surface area contributed by atoms with Gasteiger partial charge in [0.25, 0.3) is 5.56 Å². The Bertz CT molecular complexity index is 1020. The van der Waals surface area contributed by atoms with Gasteiger partial charge in [0.2, 0.25) is 0 Å². The van der Waals surface area contributed by atoms with Crippen LogP contribution < -0.4 is 10.9 Å². The normalized spacial score (nSPS) is 11.2. The van der Waals surface area contributed by atoms with E-state index in [9.17, 15) is 4.79 Å². The fourth-order valence-electron chi connectivity index (χ4n) is 3.09. The first-order chi connectivity index (χ1) is 13.3. The van der Waals surface area contributed by atoms with Crippen molar-refractivity contribution in [3.63, 3.8) is 0 Å². The summed E-state index contributed by atoms with van der Waals surface area (Å²) in [6.45, 7) is 10.0. The molecule has 5 nitrogen and oxygen atoms in total. The maximum absolute atomic E-state index is 12.8. The summed E-state index contributed by atoms with van der Waals surface area (Å²) < 4.78 is 5.49. The lowest BCUT2D eigenvalue weighted by atomic mass is 10.0. The zero-order chi connectivity index (χ0) is 20.3. The number of benzene rings is 1. The number of aromatic nitrogens is 1. The van der Waals surface area contributed by atoms with Crippen LogP contribution in [0.15, 0.2) is 45.8 Å². The van der Waals surface area contributed by atoms with E-state index in [0.29, 0.717) is 29.7 Å². The van der Waals surface area contributed by atoms with E-state index in [0.717, 1.165) is 34.3 Å². The summed E-state index contributed by atoms with van der Waals surface area (Å²) in [5.74, 6) is 1.27. The first kappa shape index (κ1) is 20.1. The second-order valence-corrected chi connectivity index (χ2v) is 8.00. The summed E-state index contributed by atoms with van der Waals surface area (Å²) >= 11 is 5.60. The molecule has 0 fully saturated rings. The number of nitrogens with zero attached hydrogens (tertiary/aromatic N) is 1. The van der Waals surface area contributed by atoms with Crippen LogP contribution in [0.3, 0.4) is 0 Å². The number of pyridine rings is 1. The molecule has 0 saturated heterocycles. The molecule has 0 aliphatic heterocycles. The Hall–Kier alpha value is -2.60. The Morgan fingerprint density at radius 2 is 2.04 bits per heavy atom. The van der Waals surface area contributed by atoms with Gasteiger partial charge in [-0.25, -0.2) is 0 Å². The van der Waals surface area contributed by atoms with Gasteiger partial charge in [-0.2, -0.15) is 0 Å². The van der Waals surface area contributed by atoms with Crippen molar-refractivity contribution >= 4 is 28.2 Å². The second-order valence-electron chi connectivity index (χ2n) is 7.61. The molecule has 2 aromatic heterocycles. The molecule has 0 saturated carbocycles. The topological polar surface area (TPSA) is 61.3 Å². The average molecular weight is 398 g/mol. The molecule has 0 aliphatic carbocycles. The maximum atomic E-state index is 12.8. The Balaban J connectivity index is 1.90. The first-order valence-electron chi connectivity index (χ1n) is 9.52. The maximum Gasteiger partial charge on any atom is 0.253 e. The molecule has 0 aliphatic rings. The third-order valence-electron chi connectivity index (χ3n) is 4.86. The van der Waals surface area contributed by atoms with E-state index in [1.54, 1.807) is 6.26 Å². The fourth-order valence-corrected chi connectivity index (χ4v) is 3.30. The molecule has 0 bridgehead atoms. The molecule has 0 spiro atoms. The van der Waals surface area contributed by atoms with Crippen molar-refractivity contribution in [3.05, 3.63) is 69.4 Å². The van der Waals surface area contributed by atoms with E-state index in [-0.39, 0.29) is 5.56 Å². The van der Waals surface area contributed by atoms with Crippen molar-refractivity contribution < 1.29 is 4.42 Å². The van der Waals surface area contributed by atoms with E-state index in [1.807, 2.05) is 43.0 Å². The van der Waals surface area contributed by atoms with Crippen LogP contribution in [0.5, 0.6) is 0 Å². The van der Waals surface area contributed by atoms with E-state index in [2.05, 4.69) is 30.2 Å². The highest BCUT2D eigenvalue weighted by Crippen LogP contribution is 2.20. The van der Waals surface area contributed by atoms with Crippen molar-refractivity contribution in [2.45, 2.75) is 40.8 Å². The molecular formula is C22H27N3O2S. The monoisotopic (exact) mass is 397 g/mol. The molecule has 28 heavy (non-hydrogen) atoms. The number of rotatable bonds is 6. The van der Waals surface area contributed by atoms with Crippen LogP contribution in [0.4, 0.5) is 0 Å². The van der Waals surface area contributed by atoms with Crippen LogP contribution in [-0.4, -0.2) is 21.5 Å². The number of hydrogen-bond acceptors (Lipinski definition) is 3. The van der Waals surface area contributed by atoms with E-state index in [1.165, 1.54) is 0 Å². The van der Waals surface area contributed by atoms with Crippen molar-refractivity contribution in [2.75, 3.05) is 6.54 Å². The Morgan fingerprint density at radius 1 is 1.25 bits per heavy atom. The van der Waals surface area contributed by atoms with Crippen LogP contribution in [0.25, 0.3) is 10.9 Å². The second kappa shape index (κ2) is 8.61. The van der Waals surface area contributed by atoms with E-state index >= 15 is 0 Å². The summed E-state index contributed by atoms with van der Waals surface area (Å²) in [7, 11) is 0. The van der Waals surface area contributed by atoms with Crippen molar-refractivity contribution in [2.24, 2.45) is 5.92 Å². The van der Waals surface area contributed by atoms with Gasteiger partial charge in [-0.1, -0.05) is 26.0 Å². The molecule has 2 N–H and O–H groups in total. The zero-order valence-corrected chi connectivity index (χ0v) is 17.7. The Kier molecular flexibility index (Phi) is 6.19. The highest BCUT2D eigenvalue weighted by atomic mass is 32.1. The summed E-state index contributed by atoms with van der Waals surface area (Å²) in [4.78, 5) is 17.8. The molecule has 6 heteroatoms. The van der Waals surface area contributed by atoms with Gasteiger partial charge in [0.15, 0.2) is 5.11 Å². The van der Waals surface area contributed by atoms with Crippen LogP contribution in [-0.2, 0) is 13.1 Å². The zero-order valence-electron chi connectivity index (χ0n) is 16.8. The van der Waals surface area contributed by atoms with Crippen molar-refractivity contribution in [3.8, 4) is 0 Å². The predicted molar refractivity (Wildman–Crippen MR) is 117 cm³/mol. The molecular weight excluding hydrogens is 370 g/mol. The van der Waals surface area contributed by atoms with Gasteiger partial charge in [-0.05, 0) is 66.7 Å². The Morgan fingerprint density at radius 3 is 2.71 bits per heavy atom. The fraction of sp³-hybridized carbons (Fsp3) is 0.364. The lowest BCUT2D eigenvalue weighted by molar-refractivity contribution is 0.348. The molecule has 0 amide bonds. The van der Waals surface area contributed by atoms with Crippen LogP contribution in [0.2, 0.25) is 0 Å². The lowest BCUT2D eigenvalue weighted by Gasteiger charge is -2.25. The number of nitrogens with one attached hydrogen (secondary N) is 2. The number of hydrogen-bond donors (Lipinski definition) is 2. The van der Waals surface area contributed by atoms with Gasteiger partial charge in [-0.15, -0.1) is 0 Å². The van der Waals surface area contributed by atoms with Crippen LogP contribution in [0, 0.1) is 19.8 Å². The van der Waals surface area contributed by atoms with Gasteiger partial charge in [0.1, 0.15) is 5.76 Å². The highest BCUT2D eigenvalue weighted by Gasteiger charge is 2.16. The summed E-state index contributed by atoms with van der Waals surface area (Å²) in [6.07, 6.45) is 1.64. The van der Waals surface area contributed by atoms with Gasteiger partial charge >= 0.3 is 0 Å². The average Bonchev–Trinajstić information content (AvgIpc) is 3.16. The highest BCUT2D eigenvalue weighted by molar-refractivity contribution is 7.80. The van der Waals surface area contributed by atoms with Crippen LogP contribution in [0.1, 0.15) is 36.3 Å². The van der Waals surface area contributed by atoms with Gasteiger partial charge in [0.05, 0.1) is 24.9 Å². The van der Waals surface area contributed by atoms with Gasteiger partial charge in [0, 0.05) is 12.1 Å². The van der Waals surface area contributed by atoms with Crippen molar-refractivity contribution in [1.29, 1.82) is 0 Å². The third kappa shape index (κ3) is 4.62. The minimum Gasteiger partial charge on any atom is -0.467 e. The minimum absolute atomic E-state index is 0.0858. The van der Waals surface area contributed by atoms with Gasteiger partial charge < -0.3 is 19.6 Å². The molecule has 3 aromatic rings. The predicted octanol–water partition coefficient (Wildman–Crippen LogP) is 4.27. The molecule has 0 radical (unpaired) electrons. The number of aromatic amines is 1. The number of thiocarbonyl (C=S) groups is 1. The van der Waals surface area contributed by atoms with E-state index in [4.69, 9.17) is 16.6 Å². The molecule has 2 heterocycles. The number of furan rings is 1. The molecule has 0 unspecified atom stereocenters. The third-order valence-corrected chi connectivity index (χ3v) is 5.27. The number of H-pyrrole nitrogens is 1. The smallest absolute Gasteiger partial charge is 0.253 e. The summed E-state index contributed by atoms with van der Waals surface area (Å²) in [5.41, 5.74) is 3.75. The molecule has 1 aromatic carbocycles. The lowest BCUT2D eigenvalue weighted by Crippen LogP contribution is -2.41. The number of fused-ring (bicyclic) bond motifs is 1. The SMILES string of the molecule is Cc1ccc2cc(CN(Cc3ccco3)C(=S)NCC(C)C)c(=O)[nH]c2c1C. The molecule has 148 valence electrons. The van der Waals surface area contributed by atoms with E-state index < -0.39 is 0 Å². The minimum atomic E-state index is -0.0858. The molecule has 3 rings (SSSR count). The Labute approximate surface area is 170 Å². The van der Waals surface area contributed by atoms with Crippen molar-refractivity contribution in [1.82, 2.24) is 15.2 Å². The largest absolute Gasteiger partial charge is 0.467 e. The summed E-state index contributed by atoms with van der Waals surface area (Å²) in [6, 6.07) is 9.85. The van der Waals surface area contributed by atoms with Crippen LogP contribution >= 0.6 is 12.2 Å². The first-order valence-corrected chi connectivity index (χ1v) is 9.93.